The van der Waals surface area contributed by atoms with Gasteiger partial charge in [0, 0.05) is 19.7 Å². The van der Waals surface area contributed by atoms with Gasteiger partial charge in [-0.25, -0.2) is 0 Å². The van der Waals surface area contributed by atoms with Crippen LogP contribution in [0.2, 0.25) is 0 Å². The van der Waals surface area contributed by atoms with Crippen LogP contribution < -0.4 is 5.32 Å². The van der Waals surface area contributed by atoms with E-state index in [0.29, 0.717) is 6.61 Å². The third-order valence-electron chi connectivity index (χ3n) is 2.98. The summed E-state index contributed by atoms with van der Waals surface area (Å²) >= 11 is 0. The molecule has 84 valence electrons. The van der Waals surface area contributed by atoms with Crippen molar-refractivity contribution in [3.05, 3.63) is 0 Å². The van der Waals surface area contributed by atoms with Crippen molar-refractivity contribution in [3.8, 4) is 0 Å². The molecule has 3 heteroatoms. The molecular weight excluding hydrogens is 176 g/mol. The summed E-state index contributed by atoms with van der Waals surface area (Å²) in [6, 6.07) is 0. The number of hydrogen-bond donors (Lipinski definition) is 2. The summed E-state index contributed by atoms with van der Waals surface area (Å²) in [7, 11) is 2.03. The predicted molar refractivity (Wildman–Crippen MR) is 59.4 cm³/mol. The molecule has 1 aliphatic rings. The van der Waals surface area contributed by atoms with Crippen molar-refractivity contribution in [2.24, 2.45) is 5.92 Å². The number of nitrogens with one attached hydrogen (secondary N) is 1. The monoisotopic (exact) mass is 200 g/mol. The summed E-state index contributed by atoms with van der Waals surface area (Å²) < 4.78 is 0. The van der Waals surface area contributed by atoms with E-state index in [0.717, 1.165) is 25.4 Å². The molecule has 0 saturated carbocycles. The highest BCUT2D eigenvalue weighted by Crippen LogP contribution is 2.15. The molecule has 0 bridgehead atoms. The SMILES string of the molecule is CNCC1CCCCN(CCCO)C1. The van der Waals surface area contributed by atoms with E-state index in [1.807, 2.05) is 7.05 Å². The Morgan fingerprint density at radius 3 is 3.00 bits per heavy atom. The maximum atomic E-state index is 8.80. The number of likely N-dealkylation sites (tertiary alicyclic amines) is 1. The lowest BCUT2D eigenvalue weighted by Crippen LogP contribution is -2.33. The van der Waals surface area contributed by atoms with Crippen molar-refractivity contribution < 1.29 is 5.11 Å². The second kappa shape index (κ2) is 7.21. The van der Waals surface area contributed by atoms with Gasteiger partial charge in [-0.1, -0.05) is 6.42 Å². The molecule has 0 aromatic carbocycles. The fourth-order valence-electron chi connectivity index (χ4n) is 2.27. The Labute approximate surface area is 87.5 Å². The standard InChI is InChI=1S/C11H24N2O/c1-12-9-11-5-2-3-6-13(10-11)7-4-8-14/h11-12,14H,2-10H2,1H3. The summed E-state index contributed by atoms with van der Waals surface area (Å²) in [6.07, 6.45) is 4.97. The van der Waals surface area contributed by atoms with Crippen molar-refractivity contribution in [1.29, 1.82) is 0 Å². The average Bonchev–Trinajstić information content (AvgIpc) is 2.41. The minimum atomic E-state index is 0.327. The maximum absolute atomic E-state index is 8.80. The predicted octanol–water partition coefficient (Wildman–Crippen LogP) is 0.690. The van der Waals surface area contributed by atoms with Gasteiger partial charge in [0.15, 0.2) is 0 Å². The van der Waals surface area contributed by atoms with E-state index >= 15 is 0 Å². The van der Waals surface area contributed by atoms with E-state index < -0.39 is 0 Å². The van der Waals surface area contributed by atoms with Crippen molar-refractivity contribution >= 4 is 0 Å². The third-order valence-corrected chi connectivity index (χ3v) is 2.98. The molecule has 0 aliphatic carbocycles. The van der Waals surface area contributed by atoms with E-state index in [9.17, 15) is 0 Å². The van der Waals surface area contributed by atoms with Gasteiger partial charge in [0.2, 0.25) is 0 Å². The Hall–Kier alpha value is -0.120. The van der Waals surface area contributed by atoms with Gasteiger partial charge in [0.05, 0.1) is 0 Å². The first-order chi connectivity index (χ1) is 6.86. The fourth-order valence-corrected chi connectivity index (χ4v) is 2.27. The van der Waals surface area contributed by atoms with Gasteiger partial charge < -0.3 is 15.3 Å². The zero-order valence-electron chi connectivity index (χ0n) is 9.34. The smallest absolute Gasteiger partial charge is 0.0443 e. The fraction of sp³-hybridized carbons (Fsp3) is 1.00. The lowest BCUT2D eigenvalue weighted by Gasteiger charge is -2.23. The third kappa shape index (κ3) is 4.40. The Kier molecular flexibility index (Phi) is 6.15. The number of nitrogens with zero attached hydrogens (tertiary/aromatic N) is 1. The number of aliphatic hydroxyl groups excluding tert-OH is 1. The highest BCUT2D eigenvalue weighted by Gasteiger charge is 2.16. The van der Waals surface area contributed by atoms with Gasteiger partial charge in [0.1, 0.15) is 0 Å². The molecule has 0 aromatic heterocycles. The van der Waals surface area contributed by atoms with Gasteiger partial charge in [0.25, 0.3) is 0 Å². The summed E-state index contributed by atoms with van der Waals surface area (Å²) in [6.45, 7) is 4.96. The van der Waals surface area contributed by atoms with E-state index in [2.05, 4.69) is 10.2 Å². The molecule has 1 atom stereocenters. The second-order valence-corrected chi connectivity index (χ2v) is 4.30. The lowest BCUT2D eigenvalue weighted by molar-refractivity contribution is 0.210. The van der Waals surface area contributed by atoms with E-state index in [1.54, 1.807) is 0 Å². The average molecular weight is 200 g/mol. The molecule has 0 aromatic rings. The van der Waals surface area contributed by atoms with Crippen molar-refractivity contribution in [2.75, 3.05) is 39.8 Å². The van der Waals surface area contributed by atoms with Crippen LogP contribution in [0.5, 0.6) is 0 Å². The Morgan fingerprint density at radius 2 is 2.29 bits per heavy atom. The van der Waals surface area contributed by atoms with E-state index in [1.165, 1.54) is 32.4 Å². The van der Waals surface area contributed by atoms with E-state index in [4.69, 9.17) is 5.11 Å². The van der Waals surface area contributed by atoms with Crippen LogP contribution >= 0.6 is 0 Å². The van der Waals surface area contributed by atoms with Crippen LogP contribution in [-0.2, 0) is 0 Å². The van der Waals surface area contributed by atoms with Gasteiger partial charge in [-0.15, -0.1) is 0 Å². The first kappa shape index (κ1) is 12.0. The van der Waals surface area contributed by atoms with Crippen molar-refractivity contribution in [3.63, 3.8) is 0 Å². The molecule has 0 amide bonds. The molecule has 0 spiro atoms. The molecule has 1 aliphatic heterocycles. The zero-order chi connectivity index (χ0) is 10.2. The number of hydrogen-bond acceptors (Lipinski definition) is 3. The summed E-state index contributed by atoms with van der Waals surface area (Å²) in [4.78, 5) is 2.51. The van der Waals surface area contributed by atoms with Crippen LogP contribution in [0.1, 0.15) is 25.7 Å². The van der Waals surface area contributed by atoms with Gasteiger partial charge in [-0.2, -0.15) is 0 Å². The van der Waals surface area contributed by atoms with Crippen molar-refractivity contribution in [1.82, 2.24) is 10.2 Å². The molecule has 1 heterocycles. The first-order valence-corrected chi connectivity index (χ1v) is 5.84. The van der Waals surface area contributed by atoms with E-state index in [-0.39, 0.29) is 0 Å². The highest BCUT2D eigenvalue weighted by atomic mass is 16.3. The topological polar surface area (TPSA) is 35.5 Å². The number of rotatable bonds is 5. The quantitative estimate of drug-likeness (QED) is 0.685. The maximum Gasteiger partial charge on any atom is 0.0443 e. The van der Waals surface area contributed by atoms with Crippen LogP contribution in [0.25, 0.3) is 0 Å². The molecule has 14 heavy (non-hydrogen) atoms. The molecular formula is C11H24N2O. The van der Waals surface area contributed by atoms with Gasteiger partial charge in [-0.05, 0) is 45.3 Å². The minimum Gasteiger partial charge on any atom is -0.396 e. The second-order valence-electron chi connectivity index (χ2n) is 4.30. The molecule has 2 N–H and O–H groups in total. The van der Waals surface area contributed by atoms with Gasteiger partial charge >= 0.3 is 0 Å². The minimum absolute atomic E-state index is 0.327. The largest absolute Gasteiger partial charge is 0.396 e. The summed E-state index contributed by atoms with van der Waals surface area (Å²) in [5.41, 5.74) is 0. The zero-order valence-corrected chi connectivity index (χ0v) is 9.34. The van der Waals surface area contributed by atoms with Crippen LogP contribution in [0.4, 0.5) is 0 Å². The molecule has 3 nitrogen and oxygen atoms in total. The van der Waals surface area contributed by atoms with Crippen LogP contribution in [0.15, 0.2) is 0 Å². The Bertz CT molecular complexity index is 141. The lowest BCUT2D eigenvalue weighted by atomic mass is 10.0. The molecule has 1 fully saturated rings. The first-order valence-electron chi connectivity index (χ1n) is 5.84. The number of aliphatic hydroxyl groups is 1. The molecule has 1 rings (SSSR count). The van der Waals surface area contributed by atoms with Crippen LogP contribution in [-0.4, -0.2) is 49.8 Å². The Morgan fingerprint density at radius 1 is 1.43 bits per heavy atom. The van der Waals surface area contributed by atoms with Crippen LogP contribution in [0, 0.1) is 5.92 Å². The van der Waals surface area contributed by atoms with Crippen LogP contribution in [0.3, 0.4) is 0 Å². The molecule has 1 unspecified atom stereocenters. The highest BCUT2D eigenvalue weighted by molar-refractivity contribution is 4.72. The Balaban J connectivity index is 2.27. The molecule has 1 saturated heterocycles. The molecule has 0 radical (unpaired) electrons. The summed E-state index contributed by atoms with van der Waals surface area (Å²) in [5.74, 6) is 0.807. The van der Waals surface area contributed by atoms with Gasteiger partial charge in [-0.3, -0.25) is 0 Å². The van der Waals surface area contributed by atoms with Crippen molar-refractivity contribution in [2.45, 2.75) is 25.7 Å². The normalized spacial score (nSPS) is 24.9. The summed E-state index contributed by atoms with van der Waals surface area (Å²) in [5, 5.41) is 12.1.